The van der Waals surface area contributed by atoms with E-state index < -0.39 is 0 Å². The molecule has 2 N–H and O–H groups in total. The lowest BCUT2D eigenvalue weighted by Gasteiger charge is -2.15. The van der Waals surface area contributed by atoms with Gasteiger partial charge in [0.25, 0.3) is 0 Å². The molecule has 6 nitrogen and oxygen atoms in total. The standard InChI is InChI=1S/C23H28N4O2/c1-15(2)18-8-6-7-9-19(18)27-23-13-22(25-16(3)26-23)24-14-17-10-11-20(28-4)21(12-17)29-5/h6-13,15H,14H2,1-5H3,(H2,24,25,26,27). The molecule has 0 unspecified atom stereocenters. The first kappa shape index (κ1) is 20.5. The maximum absolute atomic E-state index is 5.38. The minimum Gasteiger partial charge on any atom is -0.493 e. The molecule has 0 spiro atoms. The second-order valence-corrected chi connectivity index (χ2v) is 7.10. The fraction of sp³-hybridized carbons (Fsp3) is 0.304. The summed E-state index contributed by atoms with van der Waals surface area (Å²) in [6, 6.07) is 16.1. The predicted molar refractivity (Wildman–Crippen MR) is 117 cm³/mol. The number of rotatable bonds is 8. The Kier molecular flexibility index (Phi) is 6.54. The van der Waals surface area contributed by atoms with Crippen LogP contribution < -0.4 is 20.1 Å². The lowest BCUT2D eigenvalue weighted by Crippen LogP contribution is -2.06. The number of aromatic nitrogens is 2. The lowest BCUT2D eigenvalue weighted by atomic mass is 10.0. The van der Waals surface area contributed by atoms with Crippen molar-refractivity contribution < 1.29 is 9.47 Å². The molecule has 3 aromatic rings. The van der Waals surface area contributed by atoms with Gasteiger partial charge in [0, 0.05) is 18.3 Å². The van der Waals surface area contributed by atoms with Crippen LogP contribution in [0, 0.1) is 6.92 Å². The number of nitrogens with one attached hydrogen (secondary N) is 2. The first-order chi connectivity index (χ1) is 14.0. The van der Waals surface area contributed by atoms with Gasteiger partial charge < -0.3 is 20.1 Å². The van der Waals surface area contributed by atoms with Crippen molar-refractivity contribution in [3.8, 4) is 11.5 Å². The molecule has 0 fully saturated rings. The van der Waals surface area contributed by atoms with Gasteiger partial charge in [-0.05, 0) is 42.2 Å². The highest BCUT2D eigenvalue weighted by Gasteiger charge is 2.09. The number of benzene rings is 2. The van der Waals surface area contributed by atoms with Crippen LogP contribution in [-0.2, 0) is 6.54 Å². The molecule has 1 heterocycles. The van der Waals surface area contributed by atoms with Crippen molar-refractivity contribution in [3.63, 3.8) is 0 Å². The summed E-state index contributed by atoms with van der Waals surface area (Å²) in [5, 5.41) is 6.81. The molecule has 3 rings (SSSR count). The van der Waals surface area contributed by atoms with Gasteiger partial charge in [0.15, 0.2) is 11.5 Å². The normalized spacial score (nSPS) is 10.7. The Bertz CT molecular complexity index is 973. The Morgan fingerprint density at radius 1 is 0.897 bits per heavy atom. The first-order valence-electron chi connectivity index (χ1n) is 9.66. The maximum Gasteiger partial charge on any atom is 0.161 e. The summed E-state index contributed by atoms with van der Waals surface area (Å²) in [5.74, 6) is 4.07. The number of aryl methyl sites for hydroxylation is 1. The molecule has 152 valence electrons. The van der Waals surface area contributed by atoms with Crippen molar-refractivity contribution in [1.82, 2.24) is 9.97 Å². The Hall–Kier alpha value is -3.28. The summed E-state index contributed by atoms with van der Waals surface area (Å²) in [6.07, 6.45) is 0. The monoisotopic (exact) mass is 392 g/mol. The zero-order chi connectivity index (χ0) is 20.8. The van der Waals surface area contributed by atoms with E-state index in [9.17, 15) is 0 Å². The number of hydrogen-bond donors (Lipinski definition) is 2. The summed E-state index contributed by atoms with van der Waals surface area (Å²) >= 11 is 0. The topological polar surface area (TPSA) is 68.3 Å². The quantitative estimate of drug-likeness (QED) is 0.543. The van der Waals surface area contributed by atoms with Gasteiger partial charge >= 0.3 is 0 Å². The van der Waals surface area contributed by atoms with Crippen molar-refractivity contribution >= 4 is 17.3 Å². The van der Waals surface area contributed by atoms with E-state index in [1.807, 2.05) is 37.3 Å². The molecule has 0 saturated carbocycles. The minimum absolute atomic E-state index is 0.421. The molecule has 0 radical (unpaired) electrons. The Labute approximate surface area is 172 Å². The summed E-state index contributed by atoms with van der Waals surface area (Å²) < 4.78 is 10.7. The van der Waals surface area contributed by atoms with Crippen LogP contribution in [0.5, 0.6) is 11.5 Å². The molecule has 0 bridgehead atoms. The van der Waals surface area contributed by atoms with Crippen LogP contribution in [0.15, 0.2) is 48.5 Å². The third-order valence-corrected chi connectivity index (χ3v) is 4.61. The van der Waals surface area contributed by atoms with Gasteiger partial charge in [0.05, 0.1) is 14.2 Å². The highest BCUT2D eigenvalue weighted by molar-refractivity contribution is 5.63. The number of nitrogens with zero attached hydrogens (tertiary/aromatic N) is 2. The van der Waals surface area contributed by atoms with Crippen molar-refractivity contribution in [2.24, 2.45) is 0 Å². The second-order valence-electron chi connectivity index (χ2n) is 7.10. The van der Waals surface area contributed by atoms with Crippen LogP contribution >= 0.6 is 0 Å². The maximum atomic E-state index is 5.38. The van der Waals surface area contributed by atoms with Gasteiger partial charge in [-0.3, -0.25) is 0 Å². The average Bonchev–Trinajstić information content (AvgIpc) is 2.72. The molecule has 0 amide bonds. The van der Waals surface area contributed by atoms with Crippen molar-refractivity contribution in [2.75, 3.05) is 24.9 Å². The predicted octanol–water partition coefficient (Wildman–Crippen LogP) is 5.28. The van der Waals surface area contributed by atoms with Gasteiger partial charge in [-0.15, -0.1) is 0 Å². The number of para-hydroxylation sites is 1. The SMILES string of the molecule is COc1ccc(CNc2cc(Nc3ccccc3C(C)C)nc(C)n2)cc1OC. The summed E-state index contributed by atoms with van der Waals surface area (Å²) in [5.41, 5.74) is 3.38. The number of methoxy groups -OCH3 is 2. The number of anilines is 3. The zero-order valence-corrected chi connectivity index (χ0v) is 17.6. The van der Waals surface area contributed by atoms with Crippen molar-refractivity contribution in [2.45, 2.75) is 33.2 Å². The summed E-state index contributed by atoms with van der Waals surface area (Å²) in [7, 11) is 3.27. The van der Waals surface area contributed by atoms with E-state index in [0.717, 1.165) is 22.9 Å². The molecular formula is C23H28N4O2. The van der Waals surface area contributed by atoms with Crippen molar-refractivity contribution in [3.05, 3.63) is 65.5 Å². The van der Waals surface area contributed by atoms with Gasteiger partial charge in [0.1, 0.15) is 17.5 Å². The number of ether oxygens (including phenoxy) is 2. The van der Waals surface area contributed by atoms with Gasteiger partial charge in [-0.25, -0.2) is 9.97 Å². The molecule has 1 aromatic heterocycles. The van der Waals surface area contributed by atoms with E-state index in [-0.39, 0.29) is 0 Å². The largest absolute Gasteiger partial charge is 0.493 e. The molecule has 29 heavy (non-hydrogen) atoms. The van der Waals surface area contributed by atoms with Crippen LogP contribution in [0.3, 0.4) is 0 Å². The van der Waals surface area contributed by atoms with Crippen LogP contribution in [0.25, 0.3) is 0 Å². The van der Waals surface area contributed by atoms with Crippen molar-refractivity contribution in [1.29, 1.82) is 0 Å². The highest BCUT2D eigenvalue weighted by atomic mass is 16.5. The molecule has 0 aliphatic rings. The number of hydrogen-bond acceptors (Lipinski definition) is 6. The Morgan fingerprint density at radius 2 is 1.62 bits per heavy atom. The van der Waals surface area contributed by atoms with Crippen LogP contribution in [0.1, 0.15) is 36.7 Å². The lowest BCUT2D eigenvalue weighted by molar-refractivity contribution is 0.354. The highest BCUT2D eigenvalue weighted by Crippen LogP contribution is 2.29. The van der Waals surface area contributed by atoms with E-state index in [2.05, 4.69) is 52.6 Å². The van der Waals surface area contributed by atoms with Crippen LogP contribution in [-0.4, -0.2) is 24.2 Å². The van der Waals surface area contributed by atoms with E-state index in [0.29, 0.717) is 29.8 Å². The van der Waals surface area contributed by atoms with E-state index >= 15 is 0 Å². The van der Waals surface area contributed by atoms with E-state index in [1.54, 1.807) is 14.2 Å². The minimum atomic E-state index is 0.421. The van der Waals surface area contributed by atoms with E-state index in [1.165, 1.54) is 5.56 Å². The first-order valence-corrected chi connectivity index (χ1v) is 9.66. The third kappa shape index (κ3) is 5.16. The fourth-order valence-corrected chi connectivity index (χ4v) is 3.16. The third-order valence-electron chi connectivity index (χ3n) is 4.61. The Balaban J connectivity index is 1.76. The summed E-state index contributed by atoms with van der Waals surface area (Å²) in [6.45, 7) is 6.86. The average molecular weight is 393 g/mol. The molecule has 0 atom stereocenters. The summed E-state index contributed by atoms with van der Waals surface area (Å²) in [4.78, 5) is 9.04. The molecule has 6 heteroatoms. The second kappa shape index (κ2) is 9.28. The smallest absolute Gasteiger partial charge is 0.161 e. The Morgan fingerprint density at radius 3 is 2.34 bits per heavy atom. The van der Waals surface area contributed by atoms with Crippen LogP contribution in [0.2, 0.25) is 0 Å². The van der Waals surface area contributed by atoms with E-state index in [4.69, 9.17) is 9.47 Å². The van der Waals surface area contributed by atoms with Gasteiger partial charge in [0.2, 0.25) is 0 Å². The zero-order valence-electron chi connectivity index (χ0n) is 17.6. The molecular weight excluding hydrogens is 364 g/mol. The fourth-order valence-electron chi connectivity index (χ4n) is 3.16. The molecule has 0 aliphatic heterocycles. The molecule has 2 aromatic carbocycles. The van der Waals surface area contributed by atoms with Gasteiger partial charge in [-0.1, -0.05) is 38.1 Å². The molecule has 0 aliphatic carbocycles. The van der Waals surface area contributed by atoms with Crippen LogP contribution in [0.4, 0.5) is 17.3 Å². The van der Waals surface area contributed by atoms with Gasteiger partial charge in [-0.2, -0.15) is 0 Å². The molecule has 0 saturated heterocycles.